The van der Waals surface area contributed by atoms with Gasteiger partial charge in [0.25, 0.3) is 0 Å². The molecule has 1 atom stereocenters. The number of benzene rings is 1. The molecule has 1 unspecified atom stereocenters. The summed E-state index contributed by atoms with van der Waals surface area (Å²) in [5.74, 6) is 0.570. The fraction of sp³-hybridized carbons (Fsp3) is 0.200. The van der Waals surface area contributed by atoms with E-state index in [1.54, 1.807) is 24.3 Å². The second-order valence-corrected chi connectivity index (χ2v) is 4.11. The van der Waals surface area contributed by atoms with Gasteiger partial charge in [0, 0.05) is 5.56 Å². The van der Waals surface area contributed by atoms with Gasteiger partial charge in [-0.15, -0.1) is 11.8 Å². The summed E-state index contributed by atoms with van der Waals surface area (Å²) >= 11 is 1.36. The first-order valence-electron chi connectivity index (χ1n) is 4.55. The molecule has 2 rings (SSSR count). The van der Waals surface area contributed by atoms with Crippen molar-refractivity contribution in [1.82, 2.24) is 0 Å². The lowest BCUT2D eigenvalue weighted by Gasteiger charge is -2.02. The van der Waals surface area contributed by atoms with Crippen molar-refractivity contribution < 1.29 is 19.7 Å². The van der Waals surface area contributed by atoms with Crippen molar-refractivity contribution in [2.75, 3.05) is 5.75 Å². The third-order valence-electron chi connectivity index (χ3n) is 2.00. The second kappa shape index (κ2) is 4.44. The van der Waals surface area contributed by atoms with Crippen LogP contribution in [0.1, 0.15) is 5.56 Å². The van der Waals surface area contributed by atoms with E-state index < -0.39 is 12.4 Å². The number of hydrogen-bond donors (Lipinski definition) is 2. The maximum Gasteiger partial charge on any atom is 0.507 e. The number of nitrogens with zero attached hydrogens (tertiary/aromatic N) is 1. The molecular weight excluding hydrogens is 230 g/mol. The van der Waals surface area contributed by atoms with Crippen molar-refractivity contribution >= 4 is 23.0 Å². The number of carboxylic acid groups (broad SMARTS) is 1. The number of aromatic hydroxyl groups is 1. The summed E-state index contributed by atoms with van der Waals surface area (Å²) in [7, 11) is 0. The number of para-hydroxylation sites is 1. The highest BCUT2D eigenvalue weighted by atomic mass is 32.2. The summed E-state index contributed by atoms with van der Waals surface area (Å²) in [4.78, 5) is 14.4. The van der Waals surface area contributed by atoms with Crippen LogP contribution in [-0.4, -0.2) is 33.4 Å². The number of aliphatic imine (C=N–C) groups is 1. The Morgan fingerprint density at radius 2 is 2.25 bits per heavy atom. The van der Waals surface area contributed by atoms with Gasteiger partial charge in [0.1, 0.15) is 10.8 Å². The minimum absolute atomic E-state index is 0.129. The van der Waals surface area contributed by atoms with Crippen molar-refractivity contribution in [3.05, 3.63) is 29.8 Å². The normalized spacial score (nSPS) is 19.2. The Morgan fingerprint density at radius 3 is 2.94 bits per heavy atom. The van der Waals surface area contributed by atoms with Gasteiger partial charge in [-0.3, -0.25) is 0 Å². The Balaban J connectivity index is 2.18. The van der Waals surface area contributed by atoms with E-state index >= 15 is 0 Å². The summed E-state index contributed by atoms with van der Waals surface area (Å²) in [6.07, 6.45) is -2.02. The van der Waals surface area contributed by atoms with E-state index in [2.05, 4.69) is 9.73 Å². The van der Waals surface area contributed by atoms with Crippen molar-refractivity contribution in [2.45, 2.75) is 6.23 Å². The molecule has 0 saturated carbocycles. The molecule has 1 heterocycles. The largest absolute Gasteiger partial charge is 0.507 e. The quantitative estimate of drug-likeness (QED) is 0.770. The van der Waals surface area contributed by atoms with E-state index in [0.29, 0.717) is 16.4 Å². The summed E-state index contributed by atoms with van der Waals surface area (Å²) < 4.78 is 4.53. The zero-order valence-corrected chi connectivity index (χ0v) is 8.98. The van der Waals surface area contributed by atoms with Crippen molar-refractivity contribution in [1.29, 1.82) is 0 Å². The van der Waals surface area contributed by atoms with E-state index in [1.807, 2.05) is 0 Å². The van der Waals surface area contributed by atoms with E-state index in [-0.39, 0.29) is 5.75 Å². The smallest absolute Gasteiger partial charge is 0.507 e. The molecule has 1 aromatic carbocycles. The number of carbonyl (C=O) groups is 1. The molecule has 0 saturated heterocycles. The Bertz CT molecular complexity index is 446. The second-order valence-electron chi connectivity index (χ2n) is 3.10. The minimum atomic E-state index is -1.34. The minimum Gasteiger partial charge on any atom is -0.507 e. The molecule has 0 fully saturated rings. The molecular formula is C10H9NO4S. The van der Waals surface area contributed by atoms with Crippen LogP contribution in [0.5, 0.6) is 5.75 Å². The van der Waals surface area contributed by atoms with Crippen LogP contribution in [0.15, 0.2) is 29.3 Å². The molecule has 1 aliphatic rings. The van der Waals surface area contributed by atoms with Crippen LogP contribution in [0, 0.1) is 0 Å². The molecule has 0 radical (unpaired) electrons. The van der Waals surface area contributed by atoms with Gasteiger partial charge in [0.15, 0.2) is 0 Å². The Labute approximate surface area is 95.8 Å². The molecule has 0 amide bonds. The van der Waals surface area contributed by atoms with Crippen LogP contribution in [-0.2, 0) is 4.74 Å². The van der Waals surface area contributed by atoms with Crippen LogP contribution >= 0.6 is 11.8 Å². The molecule has 0 aliphatic carbocycles. The summed E-state index contributed by atoms with van der Waals surface area (Å²) in [5.41, 5.74) is 0.601. The van der Waals surface area contributed by atoms with Crippen LogP contribution < -0.4 is 0 Å². The first-order chi connectivity index (χ1) is 7.66. The molecule has 1 aromatic rings. The maximum absolute atomic E-state index is 10.3. The summed E-state index contributed by atoms with van der Waals surface area (Å²) in [6.45, 7) is 0. The van der Waals surface area contributed by atoms with Crippen LogP contribution in [0.3, 0.4) is 0 Å². The number of ether oxygens (including phenoxy) is 1. The van der Waals surface area contributed by atoms with Gasteiger partial charge in [-0.05, 0) is 12.1 Å². The lowest BCUT2D eigenvalue weighted by Crippen LogP contribution is -2.13. The Kier molecular flexibility index (Phi) is 3.00. The van der Waals surface area contributed by atoms with Crippen molar-refractivity contribution in [3.8, 4) is 5.75 Å². The molecule has 2 N–H and O–H groups in total. The van der Waals surface area contributed by atoms with Gasteiger partial charge < -0.3 is 14.9 Å². The molecule has 6 heteroatoms. The number of phenols is 1. The Morgan fingerprint density at radius 1 is 1.50 bits per heavy atom. The standard InChI is InChI=1S/C10H9NO4S/c12-7-4-2-1-3-6(7)9-11-8(5-16-9)15-10(13)14/h1-4,8,12H,5H2,(H,13,14). The van der Waals surface area contributed by atoms with Gasteiger partial charge in [-0.2, -0.15) is 0 Å². The maximum atomic E-state index is 10.3. The highest BCUT2D eigenvalue weighted by Gasteiger charge is 2.23. The van der Waals surface area contributed by atoms with Gasteiger partial charge in [0.2, 0.25) is 6.23 Å². The lowest BCUT2D eigenvalue weighted by atomic mass is 10.2. The van der Waals surface area contributed by atoms with E-state index in [4.69, 9.17) is 5.11 Å². The predicted octanol–water partition coefficient (Wildman–Crippen LogP) is 1.91. The zero-order valence-electron chi connectivity index (χ0n) is 8.16. The van der Waals surface area contributed by atoms with Crippen molar-refractivity contribution in [3.63, 3.8) is 0 Å². The van der Waals surface area contributed by atoms with Gasteiger partial charge >= 0.3 is 6.16 Å². The predicted molar refractivity (Wildman–Crippen MR) is 60.0 cm³/mol. The molecule has 0 aromatic heterocycles. The number of phenolic OH excluding ortho intramolecular Hbond substituents is 1. The molecule has 0 bridgehead atoms. The Hall–Kier alpha value is -1.69. The van der Waals surface area contributed by atoms with Gasteiger partial charge in [0.05, 0.1) is 5.75 Å². The monoisotopic (exact) mass is 239 g/mol. The molecule has 84 valence electrons. The van der Waals surface area contributed by atoms with E-state index in [0.717, 1.165) is 0 Å². The SMILES string of the molecule is O=C(O)OC1CSC(c2ccccc2O)=N1. The molecule has 5 nitrogen and oxygen atoms in total. The first-order valence-corrected chi connectivity index (χ1v) is 5.54. The van der Waals surface area contributed by atoms with Crippen LogP contribution in [0.2, 0.25) is 0 Å². The first kappa shape index (κ1) is 10.8. The van der Waals surface area contributed by atoms with E-state index in [9.17, 15) is 9.90 Å². The zero-order chi connectivity index (χ0) is 11.5. The fourth-order valence-corrected chi connectivity index (χ4v) is 2.30. The number of thioether (sulfide) groups is 1. The number of rotatable bonds is 2. The third-order valence-corrected chi connectivity index (χ3v) is 3.05. The average molecular weight is 239 g/mol. The molecule has 0 spiro atoms. The van der Waals surface area contributed by atoms with Crippen LogP contribution in [0.25, 0.3) is 0 Å². The third kappa shape index (κ3) is 2.27. The van der Waals surface area contributed by atoms with E-state index in [1.165, 1.54) is 11.8 Å². The van der Waals surface area contributed by atoms with Crippen molar-refractivity contribution in [2.24, 2.45) is 4.99 Å². The highest BCUT2D eigenvalue weighted by Crippen LogP contribution is 2.28. The summed E-state index contributed by atoms with van der Waals surface area (Å²) in [5, 5.41) is 18.6. The topological polar surface area (TPSA) is 79.1 Å². The summed E-state index contributed by atoms with van der Waals surface area (Å²) in [6, 6.07) is 6.78. The number of hydrogen-bond acceptors (Lipinski definition) is 5. The highest BCUT2D eigenvalue weighted by molar-refractivity contribution is 8.14. The lowest BCUT2D eigenvalue weighted by molar-refractivity contribution is 0.0651. The molecule has 16 heavy (non-hydrogen) atoms. The van der Waals surface area contributed by atoms with Crippen LogP contribution in [0.4, 0.5) is 4.79 Å². The average Bonchev–Trinajstić information content (AvgIpc) is 2.66. The fourth-order valence-electron chi connectivity index (χ4n) is 1.33. The van der Waals surface area contributed by atoms with Gasteiger partial charge in [-0.1, -0.05) is 12.1 Å². The van der Waals surface area contributed by atoms with Gasteiger partial charge in [-0.25, -0.2) is 9.79 Å². The molecule has 1 aliphatic heterocycles.